The summed E-state index contributed by atoms with van der Waals surface area (Å²) in [6.45, 7) is 0.487. The van der Waals surface area contributed by atoms with E-state index >= 15 is 0 Å². The molecule has 0 unspecified atom stereocenters. The van der Waals surface area contributed by atoms with Crippen LogP contribution in [0.1, 0.15) is 29.2 Å². The molecule has 0 radical (unpaired) electrons. The summed E-state index contributed by atoms with van der Waals surface area (Å²) in [5.41, 5.74) is 5.77. The molecule has 0 aliphatic carbocycles. The van der Waals surface area contributed by atoms with Gasteiger partial charge in [-0.05, 0) is 41.5 Å². The van der Waals surface area contributed by atoms with Crippen molar-refractivity contribution in [2.45, 2.75) is 12.5 Å². The first-order valence-corrected chi connectivity index (χ1v) is 13.7. The Hall–Kier alpha value is -5.66. The Morgan fingerprint density at radius 2 is 1.77 bits per heavy atom. The molecule has 3 aromatic carbocycles. The molecule has 1 saturated heterocycles. The van der Waals surface area contributed by atoms with Crippen molar-refractivity contribution in [2.24, 2.45) is 7.05 Å². The number of hydroxylamine groups is 2. The number of rotatable bonds is 6. The first-order valence-electron chi connectivity index (χ1n) is 13.7. The Kier molecular flexibility index (Phi) is 7.97. The third-order valence-electron chi connectivity index (χ3n) is 6.89. The highest BCUT2D eigenvalue weighted by Gasteiger charge is 2.31. The molecule has 3 heterocycles. The maximum Gasteiger partial charge on any atom is 0.346 e. The van der Waals surface area contributed by atoms with Crippen LogP contribution in [0.25, 0.3) is 11.1 Å². The molecule has 1 aliphatic heterocycles. The van der Waals surface area contributed by atoms with E-state index in [1.807, 2.05) is 92.2 Å². The third-order valence-corrected chi connectivity index (χ3v) is 6.89. The lowest BCUT2D eigenvalue weighted by Gasteiger charge is -2.23. The number of aryl methyl sites for hydroxylation is 1. The fourth-order valence-corrected chi connectivity index (χ4v) is 4.77. The second-order valence-electron chi connectivity index (χ2n) is 9.87. The number of nitrogens with one attached hydrogen (secondary N) is 2. The summed E-state index contributed by atoms with van der Waals surface area (Å²) in [5, 5.41) is 11.8. The monoisotopic (exact) mass is 571 g/mol. The molecule has 6 rings (SSSR count). The van der Waals surface area contributed by atoms with Crippen molar-refractivity contribution in [3.8, 4) is 28.7 Å². The van der Waals surface area contributed by atoms with Gasteiger partial charge in [-0.15, -0.1) is 0 Å². The topological polar surface area (TPSA) is 106 Å². The molecule has 2 amide bonds. The standard InChI is InChI=1S/C33H29N7O3/c1-39-22-27(21-36-39)26-13-14-29(31(18-26)42-2)38-32-34-19-24(20-35-32)12-11-23-7-6-10-28(17-23)37-33(41)40-30(15-16-43-40)25-8-4-3-5-9-25/h3-10,13-14,17-22,30H,15-16H2,1-2H3,(H,37,41)(H,34,35,38)/t30-/m0/s1. The fraction of sp³-hybridized carbons (Fsp3) is 0.152. The van der Waals surface area contributed by atoms with Crippen LogP contribution in [0.2, 0.25) is 0 Å². The fourth-order valence-electron chi connectivity index (χ4n) is 4.77. The molecule has 1 atom stereocenters. The number of ether oxygens (including phenoxy) is 1. The van der Waals surface area contributed by atoms with Gasteiger partial charge in [0, 0.05) is 48.9 Å². The molecule has 0 bridgehead atoms. The Labute approximate surface area is 249 Å². The van der Waals surface area contributed by atoms with E-state index in [0.717, 1.165) is 34.4 Å². The van der Waals surface area contributed by atoms with Crippen LogP contribution in [0.5, 0.6) is 5.75 Å². The molecule has 1 fully saturated rings. The number of nitrogens with zero attached hydrogens (tertiary/aromatic N) is 5. The van der Waals surface area contributed by atoms with Crippen molar-refractivity contribution in [3.63, 3.8) is 0 Å². The number of carbonyl (C=O) groups excluding carboxylic acids is 1. The average molecular weight is 572 g/mol. The van der Waals surface area contributed by atoms with Gasteiger partial charge in [0.1, 0.15) is 5.75 Å². The predicted octanol–water partition coefficient (Wildman–Crippen LogP) is 5.94. The highest BCUT2D eigenvalue weighted by Crippen LogP contribution is 2.32. The molecule has 1 aliphatic rings. The van der Waals surface area contributed by atoms with E-state index in [0.29, 0.717) is 29.6 Å². The van der Waals surface area contributed by atoms with Gasteiger partial charge in [-0.2, -0.15) is 10.2 Å². The van der Waals surface area contributed by atoms with Crippen molar-refractivity contribution in [3.05, 3.63) is 114 Å². The zero-order valence-corrected chi connectivity index (χ0v) is 23.7. The Bertz CT molecular complexity index is 1790. The number of hydrogen-bond acceptors (Lipinski definition) is 7. The van der Waals surface area contributed by atoms with Gasteiger partial charge >= 0.3 is 6.03 Å². The van der Waals surface area contributed by atoms with E-state index in [1.165, 1.54) is 5.06 Å². The van der Waals surface area contributed by atoms with Crippen LogP contribution in [0, 0.1) is 11.8 Å². The number of carbonyl (C=O) groups is 1. The number of amides is 2. The number of urea groups is 1. The lowest BCUT2D eigenvalue weighted by atomic mass is 10.1. The Morgan fingerprint density at radius 1 is 0.953 bits per heavy atom. The zero-order chi connectivity index (χ0) is 29.6. The van der Waals surface area contributed by atoms with Gasteiger partial charge in [-0.1, -0.05) is 54.3 Å². The van der Waals surface area contributed by atoms with E-state index in [1.54, 1.807) is 24.2 Å². The molecule has 214 valence electrons. The first-order chi connectivity index (χ1) is 21.1. The van der Waals surface area contributed by atoms with Crippen LogP contribution >= 0.6 is 0 Å². The molecule has 10 heteroatoms. The predicted molar refractivity (Wildman–Crippen MR) is 164 cm³/mol. The second kappa shape index (κ2) is 12.5. The largest absolute Gasteiger partial charge is 0.495 e. The average Bonchev–Trinajstić information content (AvgIpc) is 3.71. The van der Waals surface area contributed by atoms with E-state index in [-0.39, 0.29) is 12.1 Å². The number of methoxy groups -OCH3 is 1. The summed E-state index contributed by atoms with van der Waals surface area (Å²) < 4.78 is 7.34. The minimum atomic E-state index is -0.323. The normalized spacial score (nSPS) is 14.1. The maximum absolute atomic E-state index is 13.0. The van der Waals surface area contributed by atoms with Crippen molar-refractivity contribution >= 4 is 23.4 Å². The van der Waals surface area contributed by atoms with Crippen molar-refractivity contribution < 1.29 is 14.4 Å². The van der Waals surface area contributed by atoms with Gasteiger partial charge in [0.25, 0.3) is 0 Å². The quantitative estimate of drug-likeness (QED) is 0.243. The molecule has 0 saturated carbocycles. The zero-order valence-electron chi connectivity index (χ0n) is 23.7. The first kappa shape index (κ1) is 27.5. The maximum atomic E-state index is 13.0. The van der Waals surface area contributed by atoms with Crippen molar-refractivity contribution in [2.75, 3.05) is 24.4 Å². The molecule has 5 aromatic rings. The Balaban J connectivity index is 1.10. The number of aromatic nitrogens is 4. The molecular weight excluding hydrogens is 542 g/mol. The summed E-state index contributed by atoms with van der Waals surface area (Å²) in [6.07, 6.45) is 7.80. The van der Waals surface area contributed by atoms with Crippen LogP contribution < -0.4 is 15.4 Å². The summed E-state index contributed by atoms with van der Waals surface area (Å²) >= 11 is 0. The minimum Gasteiger partial charge on any atom is -0.495 e. The minimum absolute atomic E-state index is 0.131. The van der Waals surface area contributed by atoms with Crippen LogP contribution in [0.3, 0.4) is 0 Å². The summed E-state index contributed by atoms with van der Waals surface area (Å²) in [7, 11) is 3.50. The van der Waals surface area contributed by atoms with Gasteiger partial charge in [0.2, 0.25) is 5.95 Å². The van der Waals surface area contributed by atoms with E-state index in [9.17, 15) is 4.79 Å². The lowest BCUT2D eigenvalue weighted by molar-refractivity contribution is -0.0829. The Morgan fingerprint density at radius 3 is 2.53 bits per heavy atom. The van der Waals surface area contributed by atoms with Gasteiger partial charge in [0.15, 0.2) is 0 Å². The number of benzene rings is 3. The van der Waals surface area contributed by atoms with E-state index < -0.39 is 0 Å². The molecular formula is C33H29N7O3. The van der Waals surface area contributed by atoms with Crippen LogP contribution in [-0.4, -0.2) is 44.6 Å². The highest BCUT2D eigenvalue weighted by molar-refractivity contribution is 5.89. The second-order valence-corrected chi connectivity index (χ2v) is 9.87. The molecule has 10 nitrogen and oxygen atoms in total. The summed E-state index contributed by atoms with van der Waals surface area (Å²) in [4.78, 5) is 27.5. The van der Waals surface area contributed by atoms with Crippen LogP contribution in [-0.2, 0) is 11.9 Å². The third kappa shape index (κ3) is 6.48. The number of anilines is 3. The van der Waals surface area contributed by atoms with E-state index in [2.05, 4.69) is 37.5 Å². The molecule has 0 spiro atoms. The SMILES string of the molecule is COc1cc(-c2cnn(C)c2)ccc1Nc1ncc(C#Cc2cccc(NC(=O)N3OCC[C@H]3c3ccccc3)c2)cn1. The molecule has 43 heavy (non-hydrogen) atoms. The summed E-state index contributed by atoms with van der Waals surface area (Å²) in [6, 6.07) is 22.6. The molecule has 2 aromatic heterocycles. The van der Waals surface area contributed by atoms with Gasteiger partial charge < -0.3 is 15.4 Å². The van der Waals surface area contributed by atoms with Gasteiger partial charge in [0.05, 0.1) is 37.2 Å². The van der Waals surface area contributed by atoms with Crippen LogP contribution in [0.4, 0.5) is 22.1 Å². The summed E-state index contributed by atoms with van der Waals surface area (Å²) in [5.74, 6) is 7.28. The van der Waals surface area contributed by atoms with Crippen molar-refractivity contribution in [1.82, 2.24) is 24.8 Å². The van der Waals surface area contributed by atoms with Crippen molar-refractivity contribution in [1.29, 1.82) is 0 Å². The van der Waals surface area contributed by atoms with E-state index in [4.69, 9.17) is 9.57 Å². The smallest absolute Gasteiger partial charge is 0.346 e. The number of hydrogen-bond donors (Lipinski definition) is 2. The molecule has 2 N–H and O–H groups in total. The highest BCUT2D eigenvalue weighted by atomic mass is 16.7. The van der Waals surface area contributed by atoms with Gasteiger partial charge in [-0.3, -0.25) is 9.52 Å². The lowest BCUT2D eigenvalue weighted by Crippen LogP contribution is -2.33. The van der Waals surface area contributed by atoms with Gasteiger partial charge in [-0.25, -0.2) is 14.8 Å². The van der Waals surface area contributed by atoms with Crippen LogP contribution in [0.15, 0.2) is 97.6 Å².